The monoisotopic (exact) mass is 1470 g/mol. The molecule has 0 N–H and O–H groups in total. The minimum Gasteiger partial charge on any atom is -0.756 e. The molecule has 2 atom stereocenters. The molecule has 0 spiro atoms. The zero-order chi connectivity index (χ0) is 75.4. The van der Waals surface area contributed by atoms with Crippen LogP contribution in [0.15, 0.2) is 122 Å². The summed E-state index contributed by atoms with van der Waals surface area (Å²) in [5.41, 5.74) is 0. The smallest absolute Gasteiger partial charge is 0.306 e. The topological polar surface area (TPSA) is 111 Å². The number of hydrogen-bond acceptors (Lipinski definition) is 8. The summed E-state index contributed by atoms with van der Waals surface area (Å²) >= 11 is 0. The molecule has 0 radical (unpaired) electrons. The number of esters is 2. The number of ether oxygens (including phenoxy) is 2. The number of likely N-dealkylation sites (N-methyl/N-ethyl adjacent to an activating group) is 1. The minimum absolute atomic E-state index is 0.0318. The van der Waals surface area contributed by atoms with Crippen LogP contribution in [0.4, 0.5) is 0 Å². The quantitative estimate of drug-likeness (QED) is 0.0195. The highest BCUT2D eigenvalue weighted by atomic mass is 31.2. The van der Waals surface area contributed by atoms with E-state index in [9.17, 15) is 19.0 Å². The fourth-order valence-corrected chi connectivity index (χ4v) is 13.5. The molecule has 0 aliphatic rings. The Hall–Kier alpha value is -3.59. The number of hydrogen-bond donors (Lipinski definition) is 0. The number of carbonyl (C=O) groups excluding carboxylic acids is 2. The second-order valence-corrected chi connectivity index (χ2v) is 32.3. The van der Waals surface area contributed by atoms with Gasteiger partial charge >= 0.3 is 11.9 Å². The fraction of sp³-hybridized carbons (Fsp3) is 0.766. The predicted molar refractivity (Wildman–Crippen MR) is 452 cm³/mol. The van der Waals surface area contributed by atoms with Gasteiger partial charge in [0.15, 0.2) is 6.10 Å². The van der Waals surface area contributed by atoms with Crippen molar-refractivity contribution in [2.24, 2.45) is 0 Å². The normalized spacial score (nSPS) is 13.6. The number of nitrogens with zero attached hydrogens (tertiary/aromatic N) is 1. The van der Waals surface area contributed by atoms with Gasteiger partial charge in [-0.05, 0) is 109 Å². The molecule has 0 aromatic rings. The highest BCUT2D eigenvalue weighted by molar-refractivity contribution is 7.45. The highest BCUT2D eigenvalue weighted by Crippen LogP contribution is 2.38. The highest BCUT2D eigenvalue weighted by Gasteiger charge is 2.22. The Balaban J connectivity index is 3.90. The number of allylic oxidation sites excluding steroid dienone is 20. The van der Waals surface area contributed by atoms with Gasteiger partial charge in [-0.2, -0.15) is 0 Å². The van der Waals surface area contributed by atoms with E-state index in [2.05, 4.69) is 135 Å². The van der Waals surface area contributed by atoms with Crippen LogP contribution in [0, 0.1) is 0 Å². The molecular weight excluding hydrogens is 1300 g/mol. The van der Waals surface area contributed by atoms with Crippen molar-refractivity contribution in [3.8, 4) is 0 Å². The average molecular weight is 1470 g/mol. The van der Waals surface area contributed by atoms with Gasteiger partial charge in [-0.1, -0.05) is 411 Å². The summed E-state index contributed by atoms with van der Waals surface area (Å²) in [7, 11) is 1.18. The maximum Gasteiger partial charge on any atom is 0.306 e. The van der Waals surface area contributed by atoms with Crippen molar-refractivity contribution >= 4 is 19.8 Å². The number of carbonyl (C=O) groups is 2. The maximum atomic E-state index is 12.9. The first-order valence-electron chi connectivity index (χ1n) is 44.2. The molecule has 2 unspecified atom stereocenters. The van der Waals surface area contributed by atoms with Gasteiger partial charge in [-0.15, -0.1) is 0 Å². The molecule has 0 rings (SSSR count). The first-order valence-corrected chi connectivity index (χ1v) is 45.7. The van der Waals surface area contributed by atoms with Gasteiger partial charge in [-0.3, -0.25) is 14.2 Å². The second-order valence-electron chi connectivity index (χ2n) is 30.9. The van der Waals surface area contributed by atoms with Crippen LogP contribution >= 0.6 is 7.82 Å². The van der Waals surface area contributed by atoms with Gasteiger partial charge in [0, 0.05) is 12.8 Å². The van der Waals surface area contributed by atoms with Crippen molar-refractivity contribution in [2.75, 3.05) is 47.5 Å². The van der Waals surface area contributed by atoms with Crippen LogP contribution < -0.4 is 4.89 Å². The lowest BCUT2D eigenvalue weighted by atomic mass is 10.0. The number of unbranched alkanes of at least 4 members (excludes halogenated alkanes) is 48. The van der Waals surface area contributed by atoms with Gasteiger partial charge in [0.1, 0.15) is 19.8 Å². The molecule has 0 aromatic heterocycles. The molecule has 104 heavy (non-hydrogen) atoms. The van der Waals surface area contributed by atoms with E-state index in [1.54, 1.807) is 0 Å². The Morgan fingerprint density at radius 1 is 0.308 bits per heavy atom. The summed E-state index contributed by atoms with van der Waals surface area (Å²) < 4.78 is 34.5. The van der Waals surface area contributed by atoms with Crippen LogP contribution in [0.5, 0.6) is 0 Å². The van der Waals surface area contributed by atoms with E-state index >= 15 is 0 Å². The third-order valence-corrected chi connectivity index (χ3v) is 20.4. The van der Waals surface area contributed by atoms with E-state index in [4.69, 9.17) is 18.5 Å². The van der Waals surface area contributed by atoms with Gasteiger partial charge in [0.05, 0.1) is 27.7 Å². The van der Waals surface area contributed by atoms with Crippen molar-refractivity contribution in [2.45, 2.75) is 418 Å². The van der Waals surface area contributed by atoms with Crippen LogP contribution in [0.2, 0.25) is 0 Å². The summed E-state index contributed by atoms with van der Waals surface area (Å²) in [5.74, 6) is -0.817. The Bertz CT molecular complexity index is 2180. The molecule has 0 saturated carbocycles. The summed E-state index contributed by atoms with van der Waals surface area (Å²) in [6.45, 7) is 4.17. The Kier molecular flexibility index (Phi) is 80.6. The van der Waals surface area contributed by atoms with Crippen LogP contribution in [-0.4, -0.2) is 70.0 Å². The van der Waals surface area contributed by atoms with Gasteiger partial charge in [0.2, 0.25) is 0 Å². The molecule has 0 amide bonds. The Labute approximate surface area is 645 Å². The second kappa shape index (κ2) is 83.4. The van der Waals surface area contributed by atoms with Crippen molar-refractivity contribution in [3.05, 3.63) is 122 Å². The van der Waals surface area contributed by atoms with E-state index in [1.807, 2.05) is 21.1 Å². The molecule has 9 nitrogen and oxygen atoms in total. The summed E-state index contributed by atoms with van der Waals surface area (Å²) in [5, 5.41) is 0. The molecule has 0 heterocycles. The van der Waals surface area contributed by atoms with Gasteiger partial charge in [-0.25, -0.2) is 0 Å². The number of phosphoric acid groups is 1. The van der Waals surface area contributed by atoms with E-state index in [1.165, 1.54) is 283 Å². The third kappa shape index (κ3) is 87.3. The number of phosphoric ester groups is 1. The Morgan fingerprint density at radius 3 is 0.817 bits per heavy atom. The minimum atomic E-state index is -4.65. The molecule has 602 valence electrons. The lowest BCUT2D eigenvalue weighted by Crippen LogP contribution is -2.37. The van der Waals surface area contributed by atoms with Gasteiger partial charge in [0.25, 0.3) is 7.82 Å². The van der Waals surface area contributed by atoms with Crippen LogP contribution in [0.25, 0.3) is 0 Å². The van der Waals surface area contributed by atoms with Crippen LogP contribution in [0.3, 0.4) is 0 Å². The van der Waals surface area contributed by atoms with E-state index in [-0.39, 0.29) is 32.0 Å². The number of rotatable bonds is 82. The lowest BCUT2D eigenvalue weighted by Gasteiger charge is -2.28. The molecule has 0 aliphatic carbocycles. The van der Waals surface area contributed by atoms with Crippen molar-refractivity contribution in [3.63, 3.8) is 0 Å². The first-order chi connectivity index (χ1) is 51.0. The van der Waals surface area contributed by atoms with Crippen molar-refractivity contribution in [1.82, 2.24) is 0 Å². The molecule has 0 aliphatic heterocycles. The summed E-state index contributed by atoms with van der Waals surface area (Å²) in [6, 6.07) is 0. The first kappa shape index (κ1) is 100. The summed E-state index contributed by atoms with van der Waals surface area (Å²) in [4.78, 5) is 38.3. The molecular formula is C94H168NO8P. The third-order valence-electron chi connectivity index (χ3n) is 19.5. The average Bonchev–Trinajstić information content (AvgIpc) is 0.920. The standard InChI is InChI=1S/C94H168NO8P/c1-6-8-10-12-14-16-18-20-22-24-26-28-30-32-34-36-38-40-42-44-46-47-49-51-53-55-57-59-61-63-65-67-69-71-73-75-77-79-81-83-85-87-94(97)103-92(91-102-104(98,99)101-89-88-95(3,4)5)90-100-93(96)86-84-82-80-78-76-74-72-70-68-66-64-62-60-58-56-54-52-50-48-45-43-41-39-37-35-33-31-29-27-25-23-21-19-17-15-13-11-9-7-2/h8,10,14,16,19-22,25-28,32,34,38,40,44,46,49,51,92H,6-7,9,11-13,15,17-18,23-24,29-31,33,35-37,39,41-43,45,47-48,50,52-91H2,1-5H3/b10-8-,16-14-,21-19-,22-20-,27-25-,28-26-,34-32-,40-38-,46-44-,51-49-. The maximum absolute atomic E-state index is 12.9. The molecule has 0 saturated heterocycles. The fourth-order valence-electron chi connectivity index (χ4n) is 12.8. The SMILES string of the molecule is CC/C=C\C/C=C\C/C=C\C/C=C\C/C=C\C/C=C\C/C=C\C/C=C\CCCCCCCCCCCCCCCCCCC(=O)OC(COC(=O)CCCCCCCCCCCCCCCCCCCCCCCCCCCCC/C=C\C/C=C\CCCCCCC)COP(=O)([O-])OCC[N+](C)(C)C. The zero-order valence-electron chi connectivity index (χ0n) is 69.0. The van der Waals surface area contributed by atoms with E-state index < -0.39 is 26.5 Å². The van der Waals surface area contributed by atoms with Crippen LogP contribution in [0.1, 0.15) is 412 Å². The molecule has 10 heteroatoms. The van der Waals surface area contributed by atoms with Gasteiger partial charge < -0.3 is 27.9 Å². The van der Waals surface area contributed by atoms with Crippen molar-refractivity contribution in [1.29, 1.82) is 0 Å². The van der Waals surface area contributed by atoms with E-state index in [0.717, 1.165) is 96.3 Å². The zero-order valence-corrected chi connectivity index (χ0v) is 69.8. The summed E-state index contributed by atoms with van der Waals surface area (Å²) in [6.07, 6.45) is 121. The number of quaternary nitrogens is 1. The lowest BCUT2D eigenvalue weighted by molar-refractivity contribution is -0.870. The van der Waals surface area contributed by atoms with Crippen molar-refractivity contribution < 1.29 is 42.1 Å². The molecule has 0 bridgehead atoms. The van der Waals surface area contributed by atoms with Crippen LogP contribution in [-0.2, 0) is 32.7 Å². The van der Waals surface area contributed by atoms with E-state index in [0.29, 0.717) is 17.4 Å². The predicted octanol–water partition coefficient (Wildman–Crippen LogP) is 29.4. The molecule has 0 fully saturated rings. The largest absolute Gasteiger partial charge is 0.756 e. The Morgan fingerprint density at radius 2 is 0.548 bits per heavy atom. The molecule has 0 aromatic carbocycles.